The van der Waals surface area contributed by atoms with Gasteiger partial charge in [0.25, 0.3) is 0 Å². The summed E-state index contributed by atoms with van der Waals surface area (Å²) in [5, 5.41) is 14.1. The molecular formula is C19H29N5O2S. The van der Waals surface area contributed by atoms with E-state index < -0.39 is 0 Å². The average Bonchev–Trinajstić information content (AvgIpc) is 3.15. The van der Waals surface area contributed by atoms with E-state index in [-0.39, 0.29) is 24.5 Å². The van der Waals surface area contributed by atoms with Gasteiger partial charge in [0.05, 0.1) is 6.04 Å². The Morgan fingerprint density at radius 3 is 2.81 bits per heavy atom. The van der Waals surface area contributed by atoms with E-state index in [1.807, 2.05) is 11.3 Å². The third kappa shape index (κ3) is 4.75. The molecule has 1 aliphatic rings. The van der Waals surface area contributed by atoms with E-state index in [4.69, 9.17) is 4.74 Å². The number of hydrogen-bond donors (Lipinski definition) is 1. The van der Waals surface area contributed by atoms with Gasteiger partial charge >= 0.3 is 0 Å². The van der Waals surface area contributed by atoms with Crippen LogP contribution in [0.25, 0.3) is 0 Å². The van der Waals surface area contributed by atoms with E-state index >= 15 is 0 Å². The summed E-state index contributed by atoms with van der Waals surface area (Å²) in [4.78, 5) is 16.0. The minimum Gasteiger partial charge on any atom is -0.375 e. The summed E-state index contributed by atoms with van der Waals surface area (Å²) >= 11 is 1.82. The Bertz CT molecular complexity index is 770. The van der Waals surface area contributed by atoms with Gasteiger partial charge in [-0.25, -0.2) is 0 Å². The molecule has 0 aliphatic carbocycles. The first-order valence-electron chi connectivity index (χ1n) is 9.45. The molecule has 0 saturated heterocycles. The van der Waals surface area contributed by atoms with Crippen molar-refractivity contribution >= 4 is 17.2 Å². The maximum Gasteiger partial charge on any atom is 0.246 e. The third-order valence-electron chi connectivity index (χ3n) is 5.02. The maximum absolute atomic E-state index is 12.1. The third-order valence-corrected chi connectivity index (χ3v) is 6.03. The summed E-state index contributed by atoms with van der Waals surface area (Å²) in [5.74, 6) is 1.94. The summed E-state index contributed by atoms with van der Waals surface area (Å²) in [7, 11) is 1.52. The van der Waals surface area contributed by atoms with Crippen LogP contribution in [0, 0.1) is 12.8 Å². The monoisotopic (exact) mass is 391 g/mol. The second-order valence-electron chi connectivity index (χ2n) is 7.40. The first-order valence-corrected chi connectivity index (χ1v) is 10.3. The molecule has 1 amide bonds. The zero-order valence-electron chi connectivity index (χ0n) is 16.6. The fraction of sp³-hybridized carbons (Fsp3) is 0.632. The molecule has 0 fully saturated rings. The van der Waals surface area contributed by atoms with Gasteiger partial charge in [-0.05, 0) is 29.9 Å². The van der Waals surface area contributed by atoms with Crippen LogP contribution >= 0.6 is 11.3 Å². The molecule has 2 aromatic rings. The number of hydrogen-bond acceptors (Lipinski definition) is 6. The lowest BCUT2D eigenvalue weighted by atomic mass is 10.0. The number of thiophene rings is 1. The number of carbonyl (C=O) groups excluding carboxylic acids is 1. The molecule has 0 saturated carbocycles. The van der Waals surface area contributed by atoms with Gasteiger partial charge in [-0.1, -0.05) is 13.8 Å². The summed E-state index contributed by atoms with van der Waals surface area (Å²) in [6.45, 7) is 10.1. The molecule has 2 aromatic heterocycles. The van der Waals surface area contributed by atoms with Gasteiger partial charge < -0.3 is 14.6 Å². The second kappa shape index (κ2) is 8.95. The molecule has 7 nitrogen and oxygen atoms in total. The summed E-state index contributed by atoms with van der Waals surface area (Å²) < 4.78 is 7.14. The molecule has 1 unspecified atom stereocenters. The van der Waals surface area contributed by atoms with Gasteiger partial charge in [0, 0.05) is 44.6 Å². The van der Waals surface area contributed by atoms with Gasteiger partial charge in [-0.3, -0.25) is 9.69 Å². The van der Waals surface area contributed by atoms with Crippen molar-refractivity contribution in [2.75, 3.05) is 26.8 Å². The average molecular weight is 392 g/mol. The van der Waals surface area contributed by atoms with Crippen LogP contribution in [0.4, 0.5) is 0 Å². The Labute approximate surface area is 164 Å². The van der Waals surface area contributed by atoms with E-state index in [1.165, 1.54) is 17.6 Å². The highest BCUT2D eigenvalue weighted by Crippen LogP contribution is 2.24. The molecule has 27 heavy (non-hydrogen) atoms. The van der Waals surface area contributed by atoms with Crippen LogP contribution in [0.2, 0.25) is 0 Å². The molecule has 1 atom stereocenters. The zero-order chi connectivity index (χ0) is 19.4. The zero-order valence-corrected chi connectivity index (χ0v) is 17.4. The van der Waals surface area contributed by atoms with Crippen molar-refractivity contribution in [3.8, 4) is 0 Å². The Kier molecular flexibility index (Phi) is 6.62. The molecule has 0 aromatic carbocycles. The van der Waals surface area contributed by atoms with Gasteiger partial charge in [0.2, 0.25) is 5.91 Å². The number of rotatable bonds is 7. The molecular weight excluding hydrogens is 362 g/mol. The van der Waals surface area contributed by atoms with E-state index in [9.17, 15) is 4.79 Å². The van der Waals surface area contributed by atoms with Crippen LogP contribution in [0.1, 0.15) is 42.0 Å². The summed E-state index contributed by atoms with van der Waals surface area (Å²) in [6.07, 6.45) is 0.869. The number of methoxy groups -OCH3 is 1. The van der Waals surface area contributed by atoms with Gasteiger partial charge in [0.1, 0.15) is 12.4 Å². The summed E-state index contributed by atoms with van der Waals surface area (Å²) in [5.41, 5.74) is 1.37. The SMILES string of the molecule is COCC(=O)NC(c1nnc2n1CCN(Cc1sccc1C)CC2)C(C)C. The Balaban J connectivity index is 1.72. The van der Waals surface area contributed by atoms with Crippen LogP contribution < -0.4 is 5.32 Å². The number of amides is 1. The number of carbonyl (C=O) groups is 1. The molecule has 3 rings (SSSR count). The second-order valence-corrected chi connectivity index (χ2v) is 8.40. The van der Waals surface area contributed by atoms with Crippen molar-refractivity contribution in [3.63, 3.8) is 0 Å². The number of aryl methyl sites for hydroxylation is 1. The number of nitrogens with zero attached hydrogens (tertiary/aromatic N) is 4. The molecule has 1 aliphatic heterocycles. The van der Waals surface area contributed by atoms with Gasteiger partial charge in [-0.15, -0.1) is 21.5 Å². The van der Waals surface area contributed by atoms with Gasteiger partial charge in [-0.2, -0.15) is 0 Å². The van der Waals surface area contributed by atoms with E-state index in [2.05, 4.69) is 57.2 Å². The highest BCUT2D eigenvalue weighted by Gasteiger charge is 2.27. The Morgan fingerprint density at radius 2 is 2.15 bits per heavy atom. The Morgan fingerprint density at radius 1 is 1.33 bits per heavy atom. The fourth-order valence-electron chi connectivity index (χ4n) is 3.42. The number of fused-ring (bicyclic) bond motifs is 1. The number of aromatic nitrogens is 3. The predicted molar refractivity (Wildman–Crippen MR) is 106 cm³/mol. The predicted octanol–water partition coefficient (Wildman–Crippen LogP) is 2.17. The minimum atomic E-state index is -0.167. The lowest BCUT2D eigenvalue weighted by Crippen LogP contribution is -2.36. The smallest absolute Gasteiger partial charge is 0.246 e. The quantitative estimate of drug-likeness (QED) is 0.783. The molecule has 148 valence electrons. The molecule has 0 spiro atoms. The van der Waals surface area contributed by atoms with Crippen LogP contribution in [-0.4, -0.2) is 52.4 Å². The minimum absolute atomic E-state index is 0.0537. The first kappa shape index (κ1) is 20.0. The Hall–Kier alpha value is -1.77. The van der Waals surface area contributed by atoms with E-state index in [0.717, 1.165) is 44.2 Å². The van der Waals surface area contributed by atoms with Crippen LogP contribution in [-0.2, 0) is 29.0 Å². The lowest BCUT2D eigenvalue weighted by Gasteiger charge is -2.23. The lowest BCUT2D eigenvalue weighted by molar-refractivity contribution is -0.125. The summed E-state index contributed by atoms with van der Waals surface area (Å²) in [6, 6.07) is 2.01. The van der Waals surface area contributed by atoms with Crippen molar-refractivity contribution in [2.45, 2.75) is 46.3 Å². The molecule has 1 N–H and O–H groups in total. The highest BCUT2D eigenvalue weighted by molar-refractivity contribution is 7.10. The van der Waals surface area contributed by atoms with Crippen LogP contribution in [0.15, 0.2) is 11.4 Å². The molecule has 0 bridgehead atoms. The maximum atomic E-state index is 12.1. The topological polar surface area (TPSA) is 72.3 Å². The molecule has 0 radical (unpaired) electrons. The first-order chi connectivity index (χ1) is 13.0. The normalized spacial score (nSPS) is 16.2. The van der Waals surface area contributed by atoms with E-state index in [1.54, 1.807) is 0 Å². The largest absolute Gasteiger partial charge is 0.375 e. The van der Waals surface area contributed by atoms with Crippen molar-refractivity contribution in [1.82, 2.24) is 25.0 Å². The molecule has 3 heterocycles. The van der Waals surface area contributed by atoms with Crippen LogP contribution in [0.3, 0.4) is 0 Å². The number of nitrogens with one attached hydrogen (secondary N) is 1. The van der Waals surface area contributed by atoms with Gasteiger partial charge in [0.15, 0.2) is 5.82 Å². The highest BCUT2D eigenvalue weighted by atomic mass is 32.1. The molecule has 8 heteroatoms. The standard InChI is InChI=1S/C19H29N5O2S/c1-13(2)18(20-17(25)12-26-4)19-22-21-16-5-7-23(8-9-24(16)19)11-15-14(3)6-10-27-15/h6,10,13,18H,5,7-9,11-12H2,1-4H3,(H,20,25). The van der Waals surface area contributed by atoms with Crippen molar-refractivity contribution < 1.29 is 9.53 Å². The van der Waals surface area contributed by atoms with E-state index in [0.29, 0.717) is 0 Å². The van der Waals surface area contributed by atoms with Crippen molar-refractivity contribution in [1.29, 1.82) is 0 Å². The van der Waals surface area contributed by atoms with Crippen molar-refractivity contribution in [3.05, 3.63) is 33.5 Å². The van der Waals surface area contributed by atoms with Crippen molar-refractivity contribution in [2.24, 2.45) is 5.92 Å². The number of ether oxygens (including phenoxy) is 1. The van der Waals surface area contributed by atoms with Crippen LogP contribution in [0.5, 0.6) is 0 Å². The fourth-order valence-corrected chi connectivity index (χ4v) is 4.37.